The molecule has 13 nitrogen and oxygen atoms in total. The van der Waals surface area contributed by atoms with E-state index in [1.807, 2.05) is 10.6 Å². The summed E-state index contributed by atoms with van der Waals surface area (Å²) in [5, 5.41) is 6.81. The fourth-order valence-electron chi connectivity index (χ4n) is 2.75. The number of nitrogens with zero attached hydrogens (tertiary/aromatic N) is 2. The summed E-state index contributed by atoms with van der Waals surface area (Å²) in [6.07, 6.45) is 0. The first kappa shape index (κ1) is 23.1. The molecule has 2 heterocycles. The Balaban J connectivity index is 1.50. The van der Waals surface area contributed by atoms with Gasteiger partial charge in [-0.1, -0.05) is 15.9 Å². The number of hydrogen-bond acceptors (Lipinski definition) is 8. The molecule has 168 valence electrons. The summed E-state index contributed by atoms with van der Waals surface area (Å²) in [5.74, 6) is -2.89. The van der Waals surface area contributed by atoms with E-state index in [0.717, 1.165) is 9.15 Å². The van der Waals surface area contributed by atoms with Gasteiger partial charge in [-0.05, 0) is 37.3 Å². The van der Waals surface area contributed by atoms with E-state index in [4.69, 9.17) is 12.2 Å². The van der Waals surface area contributed by atoms with Gasteiger partial charge in [0.05, 0.1) is 10.9 Å². The van der Waals surface area contributed by atoms with Crippen LogP contribution >= 0.6 is 28.1 Å². The third kappa shape index (κ3) is 5.36. The summed E-state index contributed by atoms with van der Waals surface area (Å²) in [6, 6.07) is 4.23. The number of aryl methyl sites for hydroxylation is 1. The Morgan fingerprint density at radius 1 is 1.19 bits per heavy atom. The summed E-state index contributed by atoms with van der Waals surface area (Å²) in [4.78, 5) is 63.4. The van der Waals surface area contributed by atoms with E-state index >= 15 is 0 Å². The number of aromatic nitrogens is 2. The van der Waals surface area contributed by atoms with Crippen molar-refractivity contribution in [2.45, 2.75) is 6.92 Å². The number of thiocarbonyl (C=S) groups is 1. The topological polar surface area (TPSA) is 175 Å². The lowest BCUT2D eigenvalue weighted by molar-refractivity contribution is -0.135. The molecule has 1 fully saturated rings. The zero-order valence-corrected chi connectivity index (χ0v) is 18.8. The minimum absolute atomic E-state index is 0.0681. The Kier molecular flexibility index (Phi) is 6.99. The number of hydrazine groups is 1. The van der Waals surface area contributed by atoms with Crippen LogP contribution < -0.4 is 37.8 Å². The number of nitrogens with one attached hydrogen (secondary N) is 6. The maximum absolute atomic E-state index is 12.7. The molecule has 0 atom stereocenters. The fourth-order valence-corrected chi connectivity index (χ4v) is 3.24. The number of barbiturate groups is 1. The molecule has 0 unspecified atom stereocenters. The van der Waals surface area contributed by atoms with Gasteiger partial charge in [-0.15, -0.1) is 0 Å². The van der Waals surface area contributed by atoms with Gasteiger partial charge in [-0.3, -0.25) is 40.7 Å². The van der Waals surface area contributed by atoms with Gasteiger partial charge in [0.15, 0.2) is 5.11 Å². The molecule has 15 heteroatoms. The second-order valence-corrected chi connectivity index (χ2v) is 7.86. The molecule has 32 heavy (non-hydrogen) atoms. The molecule has 1 saturated heterocycles. The minimum Gasteiger partial charge on any atom is -0.360 e. The Hall–Kier alpha value is -3.59. The third-order valence-corrected chi connectivity index (χ3v) is 5.02. The van der Waals surface area contributed by atoms with E-state index < -0.39 is 29.7 Å². The molecule has 1 aliphatic heterocycles. The van der Waals surface area contributed by atoms with Gasteiger partial charge < -0.3 is 10.7 Å². The molecular formula is C17H17BrN8O5S. The van der Waals surface area contributed by atoms with Gasteiger partial charge in [-0.25, -0.2) is 14.5 Å². The van der Waals surface area contributed by atoms with Crippen LogP contribution in [-0.4, -0.2) is 51.6 Å². The predicted octanol–water partition coefficient (Wildman–Crippen LogP) is -1.51. The van der Waals surface area contributed by atoms with Crippen LogP contribution in [0.25, 0.3) is 10.9 Å². The van der Waals surface area contributed by atoms with Crippen molar-refractivity contribution in [3.05, 3.63) is 38.9 Å². The predicted molar refractivity (Wildman–Crippen MR) is 120 cm³/mol. The maximum Gasteiger partial charge on any atom is 0.328 e. The lowest BCUT2D eigenvalue weighted by atomic mass is 10.1. The van der Waals surface area contributed by atoms with Crippen molar-refractivity contribution in [2.75, 3.05) is 18.5 Å². The van der Waals surface area contributed by atoms with E-state index in [9.17, 15) is 24.0 Å². The lowest BCUT2D eigenvalue weighted by Crippen LogP contribution is -2.59. The van der Waals surface area contributed by atoms with E-state index in [-0.39, 0.29) is 23.8 Å². The Labute approximate surface area is 193 Å². The molecule has 6 N–H and O–H groups in total. The lowest BCUT2D eigenvalue weighted by Gasteiger charge is -2.21. The fraction of sp³-hybridized carbons (Fsp3) is 0.235. The molecule has 3 rings (SSSR count). The van der Waals surface area contributed by atoms with E-state index in [1.165, 1.54) is 0 Å². The number of carbonyl (C=O) groups excluding carboxylic acids is 4. The van der Waals surface area contributed by atoms with Crippen LogP contribution in [-0.2, 0) is 14.4 Å². The zero-order chi connectivity index (χ0) is 23.4. The maximum atomic E-state index is 12.7. The highest BCUT2D eigenvalue weighted by Crippen LogP contribution is 2.15. The van der Waals surface area contributed by atoms with Crippen LogP contribution in [0, 0.1) is 12.8 Å². The van der Waals surface area contributed by atoms with Crippen molar-refractivity contribution >= 4 is 67.9 Å². The largest absolute Gasteiger partial charge is 0.360 e. The number of imide groups is 2. The van der Waals surface area contributed by atoms with Gasteiger partial charge in [0.2, 0.25) is 11.8 Å². The standard InChI is InChI=1S/C17H17BrN8O5S/c1-7-21-11-3-2-8(18)4-9(11)15(30)26(7)20-6-12(27)24-25-17(32)19-5-10-13(28)22-16(31)23-14(10)29/h2-4,10,20H,5-6H2,1H3,(H,24,27)(H2,19,25,32)(H2,22,23,28,29,31). The first-order valence-electron chi connectivity index (χ1n) is 9.07. The second-order valence-electron chi connectivity index (χ2n) is 6.54. The van der Waals surface area contributed by atoms with Crippen LogP contribution in [0.15, 0.2) is 27.5 Å². The Bertz CT molecular complexity index is 1180. The van der Waals surface area contributed by atoms with Gasteiger partial charge in [-0.2, -0.15) is 0 Å². The van der Waals surface area contributed by atoms with Gasteiger partial charge >= 0.3 is 6.03 Å². The van der Waals surface area contributed by atoms with Crippen LogP contribution in [0.3, 0.4) is 0 Å². The number of halogens is 1. The number of benzene rings is 1. The van der Waals surface area contributed by atoms with Crippen LogP contribution in [0.1, 0.15) is 5.82 Å². The van der Waals surface area contributed by atoms with Gasteiger partial charge in [0.25, 0.3) is 11.5 Å². The van der Waals surface area contributed by atoms with Crippen molar-refractivity contribution in [3.8, 4) is 0 Å². The zero-order valence-electron chi connectivity index (χ0n) is 16.4. The highest BCUT2D eigenvalue weighted by molar-refractivity contribution is 9.10. The summed E-state index contributed by atoms with van der Waals surface area (Å²) in [6.45, 7) is 1.14. The van der Waals surface area contributed by atoms with Gasteiger partial charge in [0.1, 0.15) is 18.3 Å². The second kappa shape index (κ2) is 9.69. The number of amides is 5. The molecule has 0 bridgehead atoms. The van der Waals surface area contributed by atoms with E-state index in [0.29, 0.717) is 16.7 Å². The summed E-state index contributed by atoms with van der Waals surface area (Å²) in [7, 11) is 0. The number of urea groups is 1. The molecule has 1 aromatic carbocycles. The van der Waals surface area contributed by atoms with Gasteiger partial charge in [0, 0.05) is 11.0 Å². The van der Waals surface area contributed by atoms with Crippen LogP contribution in [0.2, 0.25) is 0 Å². The minimum atomic E-state index is -1.17. The number of hydrogen-bond donors (Lipinski definition) is 6. The van der Waals surface area contributed by atoms with Crippen molar-refractivity contribution in [2.24, 2.45) is 5.92 Å². The highest BCUT2D eigenvalue weighted by Gasteiger charge is 2.33. The number of fused-ring (bicyclic) bond motifs is 1. The molecule has 0 radical (unpaired) electrons. The molecule has 0 saturated carbocycles. The molecular weight excluding hydrogens is 508 g/mol. The molecule has 2 aromatic rings. The summed E-state index contributed by atoms with van der Waals surface area (Å²) in [5.41, 5.74) is 7.56. The number of carbonyl (C=O) groups is 4. The van der Waals surface area contributed by atoms with E-state index in [2.05, 4.69) is 42.5 Å². The van der Waals surface area contributed by atoms with E-state index in [1.54, 1.807) is 25.1 Å². The third-order valence-electron chi connectivity index (χ3n) is 4.28. The molecule has 1 aliphatic rings. The van der Waals surface area contributed by atoms with Crippen molar-refractivity contribution in [3.63, 3.8) is 0 Å². The molecule has 0 aliphatic carbocycles. The average molecular weight is 525 g/mol. The SMILES string of the molecule is Cc1nc2ccc(Br)cc2c(=O)n1NCC(=O)NNC(=S)NCC1C(=O)NC(=O)NC1=O. The first-order chi connectivity index (χ1) is 15.2. The Morgan fingerprint density at radius 3 is 2.56 bits per heavy atom. The Morgan fingerprint density at radius 2 is 1.88 bits per heavy atom. The normalized spacial score (nSPS) is 13.9. The quantitative estimate of drug-likeness (QED) is 0.153. The van der Waals surface area contributed by atoms with Crippen LogP contribution in [0.5, 0.6) is 0 Å². The first-order valence-corrected chi connectivity index (χ1v) is 10.3. The number of rotatable bonds is 5. The van der Waals surface area contributed by atoms with Crippen molar-refractivity contribution in [1.82, 2.24) is 36.5 Å². The van der Waals surface area contributed by atoms with Crippen molar-refractivity contribution in [1.29, 1.82) is 0 Å². The molecule has 1 aromatic heterocycles. The highest BCUT2D eigenvalue weighted by atomic mass is 79.9. The smallest absolute Gasteiger partial charge is 0.328 e. The molecule has 5 amide bonds. The van der Waals surface area contributed by atoms with Crippen molar-refractivity contribution < 1.29 is 19.2 Å². The van der Waals surface area contributed by atoms with Crippen LogP contribution in [0.4, 0.5) is 4.79 Å². The monoisotopic (exact) mass is 524 g/mol. The summed E-state index contributed by atoms with van der Waals surface area (Å²) >= 11 is 8.28. The molecule has 0 spiro atoms. The summed E-state index contributed by atoms with van der Waals surface area (Å²) < 4.78 is 1.88. The average Bonchev–Trinajstić information content (AvgIpc) is 2.72.